The average Bonchev–Trinajstić information content (AvgIpc) is 3.18. The molecule has 2 amide bonds. The van der Waals surface area contributed by atoms with Crippen LogP contribution in [0.15, 0.2) is 5.38 Å². The van der Waals surface area contributed by atoms with Gasteiger partial charge < -0.3 is 10.1 Å². The van der Waals surface area contributed by atoms with Crippen LogP contribution in [0.3, 0.4) is 0 Å². The first kappa shape index (κ1) is 15.4. The highest BCUT2D eigenvalue weighted by Gasteiger charge is 2.26. The quantitative estimate of drug-likeness (QED) is 0.891. The Kier molecular flexibility index (Phi) is 4.73. The largest absolute Gasteiger partial charge is 0.376 e. The number of ether oxygens (including phenoxy) is 1. The lowest BCUT2D eigenvalue weighted by molar-refractivity contribution is -0.122. The Morgan fingerprint density at radius 1 is 1.59 bits per heavy atom. The molecule has 2 atom stereocenters. The Morgan fingerprint density at radius 3 is 3.14 bits per heavy atom. The Bertz CT molecular complexity index is 554. The molecule has 0 unspecified atom stereocenters. The molecule has 2 fully saturated rings. The third-order valence-electron chi connectivity index (χ3n) is 4.10. The van der Waals surface area contributed by atoms with Gasteiger partial charge in [-0.1, -0.05) is 0 Å². The third kappa shape index (κ3) is 3.47. The maximum Gasteiger partial charge on any atom is 0.228 e. The van der Waals surface area contributed by atoms with E-state index in [0.717, 1.165) is 38.1 Å². The minimum absolute atomic E-state index is 0.0215. The van der Waals surface area contributed by atoms with Crippen molar-refractivity contribution in [2.75, 3.05) is 18.1 Å². The van der Waals surface area contributed by atoms with Crippen LogP contribution in [0.5, 0.6) is 0 Å². The lowest BCUT2D eigenvalue weighted by Gasteiger charge is -2.19. The zero-order chi connectivity index (χ0) is 15.5. The standard InChI is InChI=1S/C15H21N3O3S/c1-10(12-4-3-7-21-12)16-13(19)8-11-9-22-15(17-11)18-6-2-5-14(18)20/h9-10,12H,2-8H2,1H3,(H,16,19)/t10-,12-/m0/s1. The van der Waals surface area contributed by atoms with Gasteiger partial charge in [0.25, 0.3) is 0 Å². The molecular formula is C15H21N3O3S. The molecule has 1 aromatic heterocycles. The first-order valence-corrected chi connectivity index (χ1v) is 8.67. The maximum absolute atomic E-state index is 12.1. The van der Waals surface area contributed by atoms with Crippen molar-refractivity contribution in [1.82, 2.24) is 10.3 Å². The second kappa shape index (κ2) is 6.75. The van der Waals surface area contributed by atoms with Crippen molar-refractivity contribution < 1.29 is 14.3 Å². The predicted octanol–water partition coefficient (Wildman–Crippen LogP) is 1.50. The van der Waals surface area contributed by atoms with Gasteiger partial charge >= 0.3 is 0 Å². The van der Waals surface area contributed by atoms with E-state index in [2.05, 4.69) is 10.3 Å². The van der Waals surface area contributed by atoms with Gasteiger partial charge in [-0.15, -0.1) is 11.3 Å². The molecule has 1 N–H and O–H groups in total. The molecule has 0 radical (unpaired) electrons. The first-order valence-electron chi connectivity index (χ1n) is 7.79. The van der Waals surface area contributed by atoms with E-state index >= 15 is 0 Å². The van der Waals surface area contributed by atoms with Crippen molar-refractivity contribution in [2.45, 2.75) is 51.2 Å². The Labute approximate surface area is 133 Å². The zero-order valence-electron chi connectivity index (χ0n) is 12.7. The summed E-state index contributed by atoms with van der Waals surface area (Å²) in [7, 11) is 0. The highest BCUT2D eigenvalue weighted by molar-refractivity contribution is 7.14. The summed E-state index contributed by atoms with van der Waals surface area (Å²) in [6, 6.07) is 0.0215. The third-order valence-corrected chi connectivity index (χ3v) is 5.01. The lowest BCUT2D eigenvalue weighted by Crippen LogP contribution is -2.41. The molecular weight excluding hydrogens is 302 g/mol. The molecule has 0 aliphatic carbocycles. The van der Waals surface area contributed by atoms with Crippen LogP contribution in [0.4, 0.5) is 5.13 Å². The topological polar surface area (TPSA) is 71.5 Å². The number of amides is 2. The molecule has 0 saturated carbocycles. The first-order chi connectivity index (χ1) is 10.6. The highest BCUT2D eigenvalue weighted by atomic mass is 32.1. The van der Waals surface area contributed by atoms with E-state index in [1.54, 1.807) is 4.90 Å². The maximum atomic E-state index is 12.1. The molecule has 2 aliphatic rings. The number of nitrogens with one attached hydrogen (secondary N) is 1. The molecule has 2 aliphatic heterocycles. The second-order valence-corrected chi connectivity index (χ2v) is 6.69. The minimum Gasteiger partial charge on any atom is -0.376 e. The van der Waals surface area contributed by atoms with Gasteiger partial charge in [0.15, 0.2) is 5.13 Å². The minimum atomic E-state index is -0.0485. The summed E-state index contributed by atoms with van der Waals surface area (Å²) in [6.45, 7) is 3.49. The molecule has 22 heavy (non-hydrogen) atoms. The van der Waals surface area contributed by atoms with Gasteiger partial charge in [0, 0.05) is 25.0 Å². The predicted molar refractivity (Wildman–Crippen MR) is 84.0 cm³/mol. The van der Waals surface area contributed by atoms with E-state index in [-0.39, 0.29) is 30.4 Å². The van der Waals surface area contributed by atoms with Crippen LogP contribution in [0, 0.1) is 0 Å². The summed E-state index contributed by atoms with van der Waals surface area (Å²) in [4.78, 5) is 29.9. The van der Waals surface area contributed by atoms with Gasteiger partial charge in [0.05, 0.1) is 24.3 Å². The van der Waals surface area contributed by atoms with Gasteiger partial charge in [-0.05, 0) is 26.2 Å². The zero-order valence-corrected chi connectivity index (χ0v) is 13.5. The van der Waals surface area contributed by atoms with Crippen LogP contribution in [0.2, 0.25) is 0 Å². The van der Waals surface area contributed by atoms with E-state index in [0.29, 0.717) is 11.6 Å². The molecule has 3 rings (SSSR count). The molecule has 6 nitrogen and oxygen atoms in total. The number of thiazole rings is 1. The summed E-state index contributed by atoms with van der Waals surface area (Å²) >= 11 is 1.43. The number of rotatable bonds is 5. The van der Waals surface area contributed by atoms with E-state index in [4.69, 9.17) is 4.74 Å². The van der Waals surface area contributed by atoms with Crippen LogP contribution in [-0.4, -0.2) is 42.1 Å². The second-order valence-electron chi connectivity index (χ2n) is 5.85. The summed E-state index contributed by atoms with van der Waals surface area (Å²) in [6.07, 6.45) is 3.90. The van der Waals surface area contributed by atoms with Gasteiger partial charge in [-0.3, -0.25) is 14.5 Å². The van der Waals surface area contributed by atoms with Crippen molar-refractivity contribution in [3.8, 4) is 0 Å². The van der Waals surface area contributed by atoms with Crippen LogP contribution >= 0.6 is 11.3 Å². The van der Waals surface area contributed by atoms with E-state index < -0.39 is 0 Å². The number of nitrogens with zero attached hydrogens (tertiary/aromatic N) is 2. The Hall–Kier alpha value is -1.47. The lowest BCUT2D eigenvalue weighted by atomic mass is 10.1. The molecule has 0 aromatic carbocycles. The summed E-state index contributed by atoms with van der Waals surface area (Å²) in [5.74, 6) is 0.0740. The van der Waals surface area contributed by atoms with Crippen LogP contribution in [-0.2, 0) is 20.7 Å². The number of carbonyl (C=O) groups excluding carboxylic acids is 2. The number of carbonyl (C=O) groups is 2. The van der Waals surface area contributed by atoms with Gasteiger partial charge in [0.1, 0.15) is 0 Å². The van der Waals surface area contributed by atoms with Crippen LogP contribution in [0.1, 0.15) is 38.3 Å². The number of aromatic nitrogens is 1. The van der Waals surface area contributed by atoms with Gasteiger partial charge in [-0.25, -0.2) is 4.98 Å². The smallest absolute Gasteiger partial charge is 0.228 e. The van der Waals surface area contributed by atoms with Crippen molar-refractivity contribution in [3.05, 3.63) is 11.1 Å². The summed E-state index contributed by atoms with van der Waals surface area (Å²) < 4.78 is 5.58. The molecule has 7 heteroatoms. The van der Waals surface area contributed by atoms with Crippen molar-refractivity contribution in [2.24, 2.45) is 0 Å². The van der Waals surface area contributed by atoms with Crippen molar-refractivity contribution in [1.29, 1.82) is 0 Å². The van der Waals surface area contributed by atoms with Crippen molar-refractivity contribution in [3.63, 3.8) is 0 Å². The molecule has 0 bridgehead atoms. The molecule has 1 aromatic rings. The monoisotopic (exact) mass is 323 g/mol. The highest BCUT2D eigenvalue weighted by Crippen LogP contribution is 2.25. The van der Waals surface area contributed by atoms with Crippen molar-refractivity contribution >= 4 is 28.3 Å². The molecule has 0 spiro atoms. The normalized spacial score (nSPS) is 23.0. The molecule has 2 saturated heterocycles. The molecule has 120 valence electrons. The summed E-state index contributed by atoms with van der Waals surface area (Å²) in [5.41, 5.74) is 0.719. The Balaban J connectivity index is 1.53. The summed E-state index contributed by atoms with van der Waals surface area (Å²) in [5, 5.41) is 5.54. The fourth-order valence-corrected chi connectivity index (χ4v) is 3.78. The molecule has 3 heterocycles. The number of hydrogen-bond acceptors (Lipinski definition) is 5. The van der Waals surface area contributed by atoms with Crippen LogP contribution < -0.4 is 10.2 Å². The number of hydrogen-bond donors (Lipinski definition) is 1. The van der Waals surface area contributed by atoms with Gasteiger partial charge in [0.2, 0.25) is 11.8 Å². The van der Waals surface area contributed by atoms with Crippen LogP contribution in [0.25, 0.3) is 0 Å². The Morgan fingerprint density at radius 2 is 2.45 bits per heavy atom. The fourth-order valence-electron chi connectivity index (χ4n) is 2.91. The average molecular weight is 323 g/mol. The van der Waals surface area contributed by atoms with E-state index in [9.17, 15) is 9.59 Å². The number of anilines is 1. The van der Waals surface area contributed by atoms with E-state index in [1.807, 2.05) is 12.3 Å². The SMILES string of the molecule is C[C@H](NC(=O)Cc1csc(N2CCCC2=O)n1)[C@@H]1CCCO1. The van der Waals surface area contributed by atoms with Gasteiger partial charge in [-0.2, -0.15) is 0 Å². The fraction of sp³-hybridized carbons (Fsp3) is 0.667. The van der Waals surface area contributed by atoms with E-state index in [1.165, 1.54) is 11.3 Å².